The largest absolute Gasteiger partial charge is 0.333 e. The van der Waals surface area contributed by atoms with Gasteiger partial charge in [0.25, 0.3) is 0 Å². The van der Waals surface area contributed by atoms with Crippen LogP contribution in [0, 0.1) is 5.41 Å². The minimum Gasteiger partial charge on any atom is -0.333 e. The monoisotopic (exact) mass is 237 g/mol. The minimum absolute atomic E-state index is 0.258. The third-order valence-corrected chi connectivity index (χ3v) is 3.14. The molecule has 0 bridgehead atoms. The van der Waals surface area contributed by atoms with Gasteiger partial charge in [-0.3, -0.25) is 0 Å². The second-order valence-corrected chi connectivity index (χ2v) is 6.07. The zero-order valence-corrected chi connectivity index (χ0v) is 12.1. The number of hydrogen-bond donors (Lipinski definition) is 1. The van der Waals surface area contributed by atoms with E-state index in [0.717, 1.165) is 13.1 Å². The smallest absolute Gasteiger partial charge is 0.111 e. The minimum atomic E-state index is 0.258. The molecule has 0 aliphatic rings. The molecule has 1 rings (SSSR count). The number of imidazole rings is 1. The van der Waals surface area contributed by atoms with Gasteiger partial charge in [-0.15, -0.1) is 0 Å². The molecule has 17 heavy (non-hydrogen) atoms. The van der Waals surface area contributed by atoms with Crippen molar-refractivity contribution in [3.8, 4) is 0 Å². The van der Waals surface area contributed by atoms with Crippen molar-refractivity contribution in [2.24, 2.45) is 5.41 Å². The summed E-state index contributed by atoms with van der Waals surface area (Å²) in [5, 5.41) is 3.58. The molecule has 1 aromatic rings. The van der Waals surface area contributed by atoms with Gasteiger partial charge < -0.3 is 9.88 Å². The van der Waals surface area contributed by atoms with Gasteiger partial charge in [0.1, 0.15) is 5.82 Å². The molecular weight excluding hydrogens is 210 g/mol. The van der Waals surface area contributed by atoms with Crippen molar-refractivity contribution in [3.05, 3.63) is 18.2 Å². The van der Waals surface area contributed by atoms with Crippen molar-refractivity contribution in [1.29, 1.82) is 0 Å². The van der Waals surface area contributed by atoms with Crippen LogP contribution in [0.2, 0.25) is 0 Å². The highest BCUT2D eigenvalue weighted by Gasteiger charge is 2.24. The highest BCUT2D eigenvalue weighted by Crippen LogP contribution is 2.22. The van der Waals surface area contributed by atoms with E-state index in [9.17, 15) is 0 Å². The number of hydrogen-bond acceptors (Lipinski definition) is 2. The summed E-state index contributed by atoms with van der Waals surface area (Å²) in [5.74, 6) is 1.66. The Morgan fingerprint density at radius 1 is 1.35 bits per heavy atom. The molecule has 1 aromatic heterocycles. The van der Waals surface area contributed by atoms with Crippen LogP contribution in [0.3, 0.4) is 0 Å². The Labute approximate surface area is 106 Å². The Morgan fingerprint density at radius 2 is 2.00 bits per heavy atom. The maximum absolute atomic E-state index is 4.45. The molecule has 1 atom stereocenters. The van der Waals surface area contributed by atoms with Crippen molar-refractivity contribution < 1.29 is 0 Å². The summed E-state index contributed by atoms with van der Waals surface area (Å²) < 4.78 is 2.28. The Hall–Kier alpha value is -0.830. The second kappa shape index (κ2) is 5.67. The van der Waals surface area contributed by atoms with Crippen molar-refractivity contribution in [2.45, 2.75) is 60.0 Å². The molecule has 3 heteroatoms. The first kappa shape index (κ1) is 14.2. The first-order valence-electron chi connectivity index (χ1n) is 6.60. The van der Waals surface area contributed by atoms with Crippen LogP contribution in [0.15, 0.2) is 12.4 Å². The standard InChI is InChI=1S/C14H27N3/c1-7-15-12(14(4,5)6)10-17-9-8-16-13(17)11(2)3/h8-9,11-12,15H,7,10H2,1-6H3. The SMILES string of the molecule is CCNC(Cn1ccnc1C(C)C)C(C)(C)C. The van der Waals surface area contributed by atoms with Crippen molar-refractivity contribution in [2.75, 3.05) is 6.54 Å². The summed E-state index contributed by atoms with van der Waals surface area (Å²) in [4.78, 5) is 4.45. The predicted octanol–water partition coefficient (Wildman–Crippen LogP) is 3.03. The quantitative estimate of drug-likeness (QED) is 0.853. The lowest BCUT2D eigenvalue weighted by Gasteiger charge is -2.32. The Bertz CT molecular complexity index is 333. The highest BCUT2D eigenvalue weighted by molar-refractivity contribution is 4.99. The summed E-state index contributed by atoms with van der Waals surface area (Å²) in [6.45, 7) is 15.4. The van der Waals surface area contributed by atoms with Gasteiger partial charge in [0.15, 0.2) is 0 Å². The second-order valence-electron chi connectivity index (χ2n) is 6.07. The average Bonchev–Trinajstić information content (AvgIpc) is 2.63. The van der Waals surface area contributed by atoms with Crippen LogP contribution in [0.1, 0.15) is 53.3 Å². The van der Waals surface area contributed by atoms with Crippen LogP contribution in [-0.4, -0.2) is 22.1 Å². The first-order valence-corrected chi connectivity index (χ1v) is 6.60. The molecule has 0 aliphatic heterocycles. The van der Waals surface area contributed by atoms with Gasteiger partial charge in [0, 0.05) is 30.9 Å². The van der Waals surface area contributed by atoms with E-state index in [2.05, 4.69) is 62.6 Å². The number of likely N-dealkylation sites (N-methyl/N-ethyl adjacent to an activating group) is 1. The molecule has 1 heterocycles. The third-order valence-electron chi connectivity index (χ3n) is 3.14. The summed E-state index contributed by atoms with van der Waals surface area (Å²) in [5.41, 5.74) is 0.258. The molecule has 0 spiro atoms. The summed E-state index contributed by atoms with van der Waals surface area (Å²) in [6, 6.07) is 0.471. The maximum Gasteiger partial charge on any atom is 0.111 e. The molecule has 0 radical (unpaired) electrons. The lowest BCUT2D eigenvalue weighted by Crippen LogP contribution is -2.43. The van der Waals surface area contributed by atoms with E-state index in [1.165, 1.54) is 5.82 Å². The van der Waals surface area contributed by atoms with Crippen LogP contribution in [0.5, 0.6) is 0 Å². The normalized spacial score (nSPS) is 14.3. The van der Waals surface area contributed by atoms with Crippen LogP contribution in [0.25, 0.3) is 0 Å². The van der Waals surface area contributed by atoms with Crippen molar-refractivity contribution in [1.82, 2.24) is 14.9 Å². The van der Waals surface area contributed by atoms with Crippen LogP contribution in [-0.2, 0) is 6.54 Å². The average molecular weight is 237 g/mol. The van der Waals surface area contributed by atoms with E-state index < -0.39 is 0 Å². The molecule has 0 amide bonds. The number of aromatic nitrogens is 2. The summed E-state index contributed by atoms with van der Waals surface area (Å²) >= 11 is 0. The van der Waals surface area contributed by atoms with Gasteiger partial charge in [-0.25, -0.2) is 4.98 Å². The van der Waals surface area contributed by atoms with Gasteiger partial charge in [-0.05, 0) is 12.0 Å². The molecule has 1 unspecified atom stereocenters. The van der Waals surface area contributed by atoms with Crippen LogP contribution >= 0.6 is 0 Å². The maximum atomic E-state index is 4.45. The number of rotatable bonds is 5. The fourth-order valence-electron chi connectivity index (χ4n) is 2.06. The van der Waals surface area contributed by atoms with Crippen molar-refractivity contribution in [3.63, 3.8) is 0 Å². The highest BCUT2D eigenvalue weighted by atomic mass is 15.1. The van der Waals surface area contributed by atoms with Gasteiger partial charge in [0.05, 0.1) is 0 Å². The first-order chi connectivity index (χ1) is 7.86. The Balaban J connectivity index is 2.82. The topological polar surface area (TPSA) is 29.9 Å². The molecule has 98 valence electrons. The van der Waals surface area contributed by atoms with E-state index in [1.54, 1.807) is 0 Å². The number of nitrogens with zero attached hydrogens (tertiary/aromatic N) is 2. The fraction of sp³-hybridized carbons (Fsp3) is 0.786. The molecule has 1 N–H and O–H groups in total. The molecule has 0 aromatic carbocycles. The molecule has 0 saturated heterocycles. The van der Waals surface area contributed by atoms with E-state index in [4.69, 9.17) is 0 Å². The Kier molecular flexibility index (Phi) is 4.75. The lowest BCUT2D eigenvalue weighted by molar-refractivity contribution is 0.243. The Morgan fingerprint density at radius 3 is 2.47 bits per heavy atom. The van der Waals surface area contributed by atoms with Gasteiger partial charge in [-0.2, -0.15) is 0 Å². The molecular formula is C14H27N3. The van der Waals surface area contributed by atoms with Crippen LogP contribution in [0.4, 0.5) is 0 Å². The number of nitrogens with one attached hydrogen (secondary N) is 1. The zero-order valence-electron chi connectivity index (χ0n) is 12.1. The van der Waals surface area contributed by atoms with Gasteiger partial charge in [0.2, 0.25) is 0 Å². The van der Waals surface area contributed by atoms with E-state index >= 15 is 0 Å². The predicted molar refractivity (Wildman–Crippen MR) is 73.2 cm³/mol. The lowest BCUT2D eigenvalue weighted by atomic mass is 9.86. The molecule has 3 nitrogen and oxygen atoms in total. The fourth-order valence-corrected chi connectivity index (χ4v) is 2.06. The molecule has 0 aliphatic carbocycles. The third kappa shape index (κ3) is 3.84. The van der Waals surface area contributed by atoms with Crippen LogP contribution < -0.4 is 5.32 Å². The summed E-state index contributed by atoms with van der Waals surface area (Å²) in [7, 11) is 0. The molecule has 0 fully saturated rings. The van der Waals surface area contributed by atoms with E-state index in [1.807, 2.05) is 6.20 Å². The van der Waals surface area contributed by atoms with Crippen molar-refractivity contribution >= 4 is 0 Å². The zero-order chi connectivity index (χ0) is 13.1. The summed E-state index contributed by atoms with van der Waals surface area (Å²) in [6.07, 6.45) is 3.99. The molecule has 0 saturated carbocycles. The van der Waals surface area contributed by atoms with Gasteiger partial charge in [-0.1, -0.05) is 41.5 Å². The van der Waals surface area contributed by atoms with E-state index in [-0.39, 0.29) is 5.41 Å². The van der Waals surface area contributed by atoms with Gasteiger partial charge >= 0.3 is 0 Å². The van der Waals surface area contributed by atoms with E-state index in [0.29, 0.717) is 12.0 Å².